The van der Waals surface area contributed by atoms with Gasteiger partial charge in [-0.05, 0) is 6.92 Å². The lowest BCUT2D eigenvalue weighted by atomic mass is 10.3. The molecule has 2 aromatic rings. The molecular weight excluding hydrogens is 210 g/mol. The summed E-state index contributed by atoms with van der Waals surface area (Å²) in [6.07, 6.45) is 0. The molecule has 3 rings (SSSR count). The average Bonchev–Trinajstić information content (AvgIpc) is 2.76. The molecule has 0 amide bonds. The summed E-state index contributed by atoms with van der Waals surface area (Å²) >= 11 is 1.80. The second kappa shape index (κ2) is 3.10. The molecule has 0 atom stereocenters. The third kappa shape index (κ3) is 1.21. The van der Waals surface area contributed by atoms with Gasteiger partial charge in [-0.2, -0.15) is 4.57 Å². The Balaban J connectivity index is 2.33. The van der Waals surface area contributed by atoms with Gasteiger partial charge in [-0.3, -0.25) is 0 Å². The highest BCUT2D eigenvalue weighted by atomic mass is 32.1. The van der Waals surface area contributed by atoms with Crippen molar-refractivity contribution in [3.63, 3.8) is 0 Å². The first-order valence-electron chi connectivity index (χ1n) is 5.02. The number of ether oxygens (including phenoxy) is 2. The van der Waals surface area contributed by atoms with Crippen molar-refractivity contribution in [1.82, 2.24) is 0 Å². The summed E-state index contributed by atoms with van der Waals surface area (Å²) in [4.78, 5) is 0. The second-order valence-corrected chi connectivity index (χ2v) is 4.77. The Morgan fingerprint density at radius 3 is 2.80 bits per heavy atom. The molecule has 2 heterocycles. The summed E-state index contributed by atoms with van der Waals surface area (Å²) in [5.74, 6) is 1.73. The minimum absolute atomic E-state index is 0.345. The van der Waals surface area contributed by atoms with Crippen molar-refractivity contribution in [2.24, 2.45) is 0 Å². The van der Waals surface area contributed by atoms with Crippen LogP contribution in [0.15, 0.2) is 12.1 Å². The van der Waals surface area contributed by atoms with Crippen LogP contribution in [0.4, 0.5) is 0 Å². The molecule has 0 spiro atoms. The fraction of sp³-hybridized carbons (Fsp3) is 0.364. The number of fused-ring (bicyclic) bond motifs is 2. The Kier molecular flexibility index (Phi) is 1.85. The fourth-order valence-electron chi connectivity index (χ4n) is 1.98. The lowest BCUT2D eigenvalue weighted by Crippen LogP contribution is -2.33. The molecule has 0 saturated heterocycles. The zero-order valence-electron chi connectivity index (χ0n) is 8.74. The molecule has 1 aromatic heterocycles. The third-order valence-corrected chi connectivity index (χ3v) is 3.76. The molecule has 0 N–H and O–H groups in total. The number of benzene rings is 1. The first kappa shape index (κ1) is 8.97. The normalized spacial score (nSPS) is 13.7. The smallest absolute Gasteiger partial charge is 0.235 e. The van der Waals surface area contributed by atoms with E-state index in [1.165, 1.54) is 15.2 Å². The largest absolute Gasteiger partial charge is 0.454 e. The predicted molar refractivity (Wildman–Crippen MR) is 58.6 cm³/mol. The quantitative estimate of drug-likeness (QED) is 0.690. The summed E-state index contributed by atoms with van der Waals surface area (Å²) < 4.78 is 14.3. The van der Waals surface area contributed by atoms with Crippen LogP contribution in [0.1, 0.15) is 11.9 Å². The number of aromatic nitrogens is 1. The molecule has 78 valence electrons. The highest BCUT2D eigenvalue weighted by Crippen LogP contribution is 2.37. The molecule has 0 unspecified atom stereocenters. The number of thiazole rings is 1. The van der Waals surface area contributed by atoms with E-state index in [2.05, 4.69) is 30.5 Å². The zero-order valence-corrected chi connectivity index (χ0v) is 9.56. The van der Waals surface area contributed by atoms with Gasteiger partial charge in [-0.1, -0.05) is 11.3 Å². The van der Waals surface area contributed by atoms with E-state index in [1.54, 1.807) is 11.3 Å². The highest BCUT2D eigenvalue weighted by molar-refractivity contribution is 7.18. The zero-order chi connectivity index (χ0) is 10.4. The van der Waals surface area contributed by atoms with Crippen molar-refractivity contribution in [3.05, 3.63) is 17.1 Å². The molecule has 0 radical (unpaired) electrons. The van der Waals surface area contributed by atoms with Crippen LogP contribution < -0.4 is 14.0 Å². The molecule has 1 aliphatic heterocycles. The number of hydrogen-bond donors (Lipinski definition) is 0. The van der Waals surface area contributed by atoms with E-state index in [0.29, 0.717) is 6.79 Å². The lowest BCUT2D eigenvalue weighted by molar-refractivity contribution is -0.669. The summed E-state index contributed by atoms with van der Waals surface area (Å²) in [5, 5.41) is 1.32. The molecule has 0 bridgehead atoms. The van der Waals surface area contributed by atoms with E-state index in [4.69, 9.17) is 9.47 Å². The summed E-state index contributed by atoms with van der Waals surface area (Å²) in [6, 6.07) is 4.14. The summed E-state index contributed by atoms with van der Waals surface area (Å²) in [5.41, 5.74) is 1.24. The highest BCUT2D eigenvalue weighted by Gasteiger charge is 2.22. The van der Waals surface area contributed by atoms with Crippen molar-refractivity contribution in [1.29, 1.82) is 0 Å². The van der Waals surface area contributed by atoms with Crippen LogP contribution in [0.25, 0.3) is 10.2 Å². The van der Waals surface area contributed by atoms with E-state index in [1.807, 2.05) is 0 Å². The maximum absolute atomic E-state index is 5.38. The minimum atomic E-state index is 0.345. The minimum Gasteiger partial charge on any atom is -0.454 e. The van der Waals surface area contributed by atoms with Gasteiger partial charge < -0.3 is 9.47 Å². The van der Waals surface area contributed by atoms with Crippen LogP contribution in [-0.2, 0) is 6.54 Å². The van der Waals surface area contributed by atoms with Crippen molar-refractivity contribution in [3.8, 4) is 11.5 Å². The van der Waals surface area contributed by atoms with E-state index in [-0.39, 0.29) is 0 Å². The van der Waals surface area contributed by atoms with Crippen molar-refractivity contribution < 1.29 is 14.0 Å². The van der Waals surface area contributed by atoms with Gasteiger partial charge in [0.15, 0.2) is 11.5 Å². The van der Waals surface area contributed by atoms with Crippen LogP contribution in [0.5, 0.6) is 11.5 Å². The van der Waals surface area contributed by atoms with E-state index < -0.39 is 0 Å². The van der Waals surface area contributed by atoms with Gasteiger partial charge in [-0.25, -0.2) is 0 Å². The van der Waals surface area contributed by atoms with E-state index >= 15 is 0 Å². The van der Waals surface area contributed by atoms with Gasteiger partial charge >= 0.3 is 0 Å². The average molecular weight is 222 g/mol. The third-order valence-electron chi connectivity index (χ3n) is 2.70. The van der Waals surface area contributed by atoms with Crippen molar-refractivity contribution >= 4 is 21.6 Å². The molecule has 4 heteroatoms. The first-order valence-corrected chi connectivity index (χ1v) is 5.84. The monoisotopic (exact) mass is 222 g/mol. The Labute approximate surface area is 91.9 Å². The van der Waals surface area contributed by atoms with E-state index in [9.17, 15) is 0 Å². The van der Waals surface area contributed by atoms with Crippen LogP contribution in [0, 0.1) is 6.92 Å². The van der Waals surface area contributed by atoms with Gasteiger partial charge in [0.25, 0.3) is 0 Å². The Morgan fingerprint density at radius 1 is 1.33 bits per heavy atom. The Bertz CT molecular complexity index is 533. The number of rotatable bonds is 1. The predicted octanol–water partition coefficient (Wildman–Crippen LogP) is 2.25. The van der Waals surface area contributed by atoms with Gasteiger partial charge in [0.1, 0.15) is 11.2 Å². The van der Waals surface area contributed by atoms with Crippen LogP contribution >= 0.6 is 11.3 Å². The molecule has 15 heavy (non-hydrogen) atoms. The maximum atomic E-state index is 5.38. The SMILES string of the molecule is CC[n+]1c(C)sc2cc3c(cc21)OCO3. The lowest BCUT2D eigenvalue weighted by Gasteiger charge is -1.94. The number of aryl methyl sites for hydroxylation is 2. The Morgan fingerprint density at radius 2 is 2.07 bits per heavy atom. The number of nitrogens with zero attached hydrogens (tertiary/aromatic N) is 1. The summed E-state index contributed by atoms with van der Waals surface area (Å²) in [7, 11) is 0. The van der Waals surface area contributed by atoms with Crippen molar-refractivity contribution in [2.75, 3.05) is 6.79 Å². The van der Waals surface area contributed by atoms with Gasteiger partial charge in [-0.15, -0.1) is 0 Å². The van der Waals surface area contributed by atoms with Gasteiger partial charge in [0.05, 0.1) is 6.07 Å². The maximum Gasteiger partial charge on any atom is 0.235 e. The molecule has 0 aliphatic carbocycles. The molecule has 1 aromatic carbocycles. The van der Waals surface area contributed by atoms with Gasteiger partial charge in [0, 0.05) is 13.0 Å². The van der Waals surface area contributed by atoms with Gasteiger partial charge in [0.2, 0.25) is 17.3 Å². The fourth-order valence-corrected chi connectivity index (χ4v) is 3.08. The van der Waals surface area contributed by atoms with Crippen molar-refractivity contribution in [2.45, 2.75) is 20.4 Å². The molecule has 0 saturated carbocycles. The topological polar surface area (TPSA) is 22.3 Å². The summed E-state index contributed by atoms with van der Waals surface area (Å²) in [6.45, 7) is 5.63. The van der Waals surface area contributed by atoms with E-state index in [0.717, 1.165) is 18.0 Å². The molecule has 1 aliphatic rings. The van der Waals surface area contributed by atoms with Crippen LogP contribution in [0.3, 0.4) is 0 Å². The Hall–Kier alpha value is -1.29. The molecule has 3 nitrogen and oxygen atoms in total. The van der Waals surface area contributed by atoms with Crippen LogP contribution in [-0.4, -0.2) is 6.79 Å². The molecular formula is C11H12NO2S+. The first-order chi connectivity index (χ1) is 7.29. The number of hydrogen-bond acceptors (Lipinski definition) is 3. The van der Waals surface area contributed by atoms with Crippen LogP contribution in [0.2, 0.25) is 0 Å². The second-order valence-electron chi connectivity index (χ2n) is 3.54. The standard InChI is InChI=1S/C11H12NO2S/c1-3-12-7(2)15-11-5-10-9(4-8(11)12)13-6-14-10/h4-5H,3,6H2,1-2H3/q+1. The molecule has 0 fully saturated rings.